The highest BCUT2D eigenvalue weighted by molar-refractivity contribution is 5.74. The molecule has 10 heteroatoms. The van der Waals surface area contributed by atoms with E-state index in [0.29, 0.717) is 29.6 Å². The third kappa shape index (κ3) is 4.07. The fourth-order valence-electron chi connectivity index (χ4n) is 9.90. The molecule has 0 N–H and O–H groups in total. The van der Waals surface area contributed by atoms with Crippen LogP contribution in [0.2, 0.25) is 0 Å². The quantitative estimate of drug-likeness (QED) is 0.303. The number of hydrogen-bond donors (Lipinski definition) is 0. The molecule has 8 saturated heterocycles. The topological polar surface area (TPSA) is 100 Å². The molecule has 2 aliphatic carbocycles. The first-order chi connectivity index (χ1) is 19.5. The van der Waals surface area contributed by atoms with Crippen molar-refractivity contribution in [2.45, 2.75) is 135 Å². The van der Waals surface area contributed by atoms with E-state index in [1.165, 1.54) is 6.42 Å². The maximum Gasteiger partial charge on any atom is 0.311 e. The Hall–Kier alpha value is -0.850. The van der Waals surface area contributed by atoms with Gasteiger partial charge in [0.05, 0.1) is 5.92 Å². The average molecular weight is 581 g/mol. The van der Waals surface area contributed by atoms with Crippen LogP contribution in [0.4, 0.5) is 0 Å². The van der Waals surface area contributed by atoms with Gasteiger partial charge in [-0.15, -0.1) is 0 Å². The second-order valence-electron chi connectivity index (χ2n) is 14.6. The molecule has 10 fully saturated rings. The van der Waals surface area contributed by atoms with Gasteiger partial charge in [-0.05, 0) is 70.1 Å². The molecule has 0 radical (unpaired) electrons. The van der Waals surface area contributed by atoms with E-state index in [0.717, 1.165) is 44.9 Å². The average Bonchev–Trinajstić information content (AvgIpc) is 3.31. The highest BCUT2D eigenvalue weighted by Crippen LogP contribution is 2.61. The van der Waals surface area contributed by atoms with Crippen molar-refractivity contribution >= 4 is 5.97 Å². The molecule has 4 bridgehead atoms. The van der Waals surface area contributed by atoms with Crippen molar-refractivity contribution in [3.8, 4) is 0 Å². The van der Waals surface area contributed by atoms with Crippen LogP contribution >= 0.6 is 0 Å². The van der Waals surface area contributed by atoms with Gasteiger partial charge in [-0.1, -0.05) is 27.7 Å². The van der Waals surface area contributed by atoms with E-state index < -0.39 is 35.4 Å². The van der Waals surface area contributed by atoms with Gasteiger partial charge < -0.3 is 23.7 Å². The summed E-state index contributed by atoms with van der Waals surface area (Å²) in [5.41, 5.74) is -1.08. The van der Waals surface area contributed by atoms with Crippen LogP contribution in [0, 0.1) is 47.3 Å². The van der Waals surface area contributed by atoms with E-state index in [2.05, 4.69) is 20.8 Å². The van der Waals surface area contributed by atoms with E-state index in [1.807, 2.05) is 20.8 Å². The fraction of sp³-hybridized carbons (Fsp3) is 0.968. The summed E-state index contributed by atoms with van der Waals surface area (Å²) in [6.07, 6.45) is 6.88. The molecule has 15 atom stereocenters. The molecule has 0 unspecified atom stereocenters. The van der Waals surface area contributed by atoms with Gasteiger partial charge in [0, 0.05) is 43.6 Å². The number of carbonyl (C=O) groups excluding carboxylic acids is 1. The van der Waals surface area contributed by atoms with Crippen LogP contribution in [0.15, 0.2) is 0 Å². The first kappa shape index (κ1) is 28.9. The monoisotopic (exact) mass is 580 g/mol. The molecule has 0 aromatic carbocycles. The van der Waals surface area contributed by atoms with Crippen molar-refractivity contribution in [2.75, 3.05) is 7.11 Å². The third-order valence-electron chi connectivity index (χ3n) is 12.3. The Balaban J connectivity index is 0.000000135. The summed E-state index contributed by atoms with van der Waals surface area (Å²) >= 11 is 0. The van der Waals surface area contributed by atoms with Gasteiger partial charge in [0.25, 0.3) is 0 Å². The molecule has 10 nitrogen and oxygen atoms in total. The molecule has 8 aliphatic heterocycles. The molecular formula is C31H48O10. The van der Waals surface area contributed by atoms with Crippen LogP contribution in [-0.2, 0) is 48.0 Å². The number of carbonyl (C=O) groups is 1. The third-order valence-corrected chi connectivity index (χ3v) is 12.3. The summed E-state index contributed by atoms with van der Waals surface area (Å²) in [4.78, 5) is 35.5. The maximum absolute atomic E-state index is 12.1. The van der Waals surface area contributed by atoms with Crippen LogP contribution in [0.3, 0.4) is 0 Å². The Kier molecular flexibility index (Phi) is 6.92. The number of hydrogen-bond acceptors (Lipinski definition) is 10. The number of ether oxygens (including phenoxy) is 5. The predicted octanol–water partition coefficient (Wildman–Crippen LogP) is 5.24. The molecule has 0 aromatic rings. The second kappa shape index (κ2) is 9.83. The van der Waals surface area contributed by atoms with E-state index in [-0.39, 0.29) is 30.0 Å². The minimum absolute atomic E-state index is 0.123. The summed E-state index contributed by atoms with van der Waals surface area (Å²) in [7, 11) is 1.70. The largest absolute Gasteiger partial charge is 0.432 e. The van der Waals surface area contributed by atoms with E-state index in [1.54, 1.807) is 7.11 Å². The Labute approximate surface area is 243 Å². The zero-order valence-electron chi connectivity index (χ0n) is 25.6. The lowest BCUT2D eigenvalue weighted by Gasteiger charge is -2.60. The maximum atomic E-state index is 12.1. The van der Waals surface area contributed by atoms with Crippen molar-refractivity contribution in [3.63, 3.8) is 0 Å². The minimum Gasteiger partial charge on any atom is -0.432 e. The van der Waals surface area contributed by atoms with Crippen LogP contribution in [0.1, 0.15) is 92.9 Å². The summed E-state index contributed by atoms with van der Waals surface area (Å²) < 4.78 is 29.5. The number of fused-ring (bicyclic) bond motifs is 4. The Morgan fingerprint density at radius 1 is 0.683 bits per heavy atom. The molecule has 41 heavy (non-hydrogen) atoms. The van der Waals surface area contributed by atoms with Gasteiger partial charge in [0.1, 0.15) is 0 Å². The number of methoxy groups -OCH3 is 1. The van der Waals surface area contributed by atoms with Gasteiger partial charge >= 0.3 is 5.97 Å². The van der Waals surface area contributed by atoms with E-state index in [9.17, 15) is 4.79 Å². The Morgan fingerprint density at radius 3 is 1.80 bits per heavy atom. The molecule has 10 aliphatic rings. The minimum atomic E-state index is -0.793. The SMILES string of the molecule is CO[C@H]1O[C@@H]2O[C@@]3(C)CC[C@H]4[C@H](C)CC[C@@H]([C@H]1C)[C@@]24OO3.C[C@@H]1CC[C@H]2[C@@H](C)C(=O)O[C@@H]3O[C@@]4(C)CC[C@@H]1[C@]32OO4. The van der Waals surface area contributed by atoms with Crippen molar-refractivity contribution in [2.24, 2.45) is 47.3 Å². The zero-order valence-corrected chi connectivity index (χ0v) is 25.6. The smallest absolute Gasteiger partial charge is 0.311 e. The summed E-state index contributed by atoms with van der Waals surface area (Å²) in [6.45, 7) is 12.5. The Bertz CT molecular complexity index is 1040. The van der Waals surface area contributed by atoms with Gasteiger partial charge in [-0.25, -0.2) is 19.6 Å². The molecule has 0 amide bonds. The van der Waals surface area contributed by atoms with Crippen molar-refractivity contribution in [1.29, 1.82) is 0 Å². The van der Waals surface area contributed by atoms with E-state index >= 15 is 0 Å². The van der Waals surface area contributed by atoms with E-state index in [4.69, 9.17) is 43.2 Å². The summed E-state index contributed by atoms with van der Waals surface area (Å²) in [6, 6.07) is 0. The molecule has 10 rings (SSSR count). The molecule has 232 valence electrons. The van der Waals surface area contributed by atoms with Crippen LogP contribution in [0.5, 0.6) is 0 Å². The first-order valence-electron chi connectivity index (χ1n) is 15.9. The van der Waals surface area contributed by atoms with Gasteiger partial charge in [0.2, 0.25) is 17.9 Å². The normalized spacial score (nSPS) is 58.6. The molecule has 2 spiro atoms. The fourth-order valence-corrected chi connectivity index (χ4v) is 9.90. The van der Waals surface area contributed by atoms with Crippen LogP contribution < -0.4 is 0 Å². The predicted molar refractivity (Wildman–Crippen MR) is 142 cm³/mol. The highest BCUT2D eigenvalue weighted by atomic mass is 17.3. The molecule has 8 heterocycles. The van der Waals surface area contributed by atoms with Gasteiger partial charge in [-0.2, -0.15) is 0 Å². The number of rotatable bonds is 1. The van der Waals surface area contributed by atoms with Gasteiger partial charge in [-0.3, -0.25) is 4.79 Å². The van der Waals surface area contributed by atoms with Crippen molar-refractivity contribution in [1.82, 2.24) is 0 Å². The Morgan fingerprint density at radius 2 is 1.22 bits per heavy atom. The second-order valence-corrected chi connectivity index (χ2v) is 14.6. The highest BCUT2D eigenvalue weighted by Gasteiger charge is 2.71. The molecule has 2 saturated carbocycles. The summed E-state index contributed by atoms with van der Waals surface area (Å²) in [5, 5.41) is 0. The molecule has 0 aromatic heterocycles. The van der Waals surface area contributed by atoms with Crippen molar-refractivity contribution < 1.29 is 48.0 Å². The number of esters is 1. The van der Waals surface area contributed by atoms with Crippen molar-refractivity contribution in [3.05, 3.63) is 0 Å². The van der Waals surface area contributed by atoms with Crippen LogP contribution in [0.25, 0.3) is 0 Å². The molecular weight excluding hydrogens is 532 g/mol. The standard InChI is InChI=1S/C16H26O5.C15H22O5/c1-9-5-6-12-10(2)13(17-4)18-14-16(12)11(9)7-8-15(3,19-14)20-21-16;1-8-4-5-11-9(2)12(16)17-13-15(11)10(8)6-7-14(3,18-13)19-20-15/h9-14H,5-8H2,1-4H3;8-11,13H,4-7H2,1-3H3/t9-,10-,11+,12+,13+,14-,15-,16-;8-,9-,10+,11+,13-,14-,15-/m11/s1. The lowest BCUT2D eigenvalue weighted by Crippen LogP contribution is -2.70. The lowest BCUT2D eigenvalue weighted by molar-refractivity contribution is -0.577. The first-order valence-corrected chi connectivity index (χ1v) is 15.9. The zero-order chi connectivity index (χ0) is 28.9. The lowest BCUT2D eigenvalue weighted by atomic mass is 9.58. The van der Waals surface area contributed by atoms with Crippen LogP contribution in [-0.4, -0.2) is 54.7 Å². The summed E-state index contributed by atoms with van der Waals surface area (Å²) in [5.74, 6) is 0.816. The van der Waals surface area contributed by atoms with Gasteiger partial charge in [0.15, 0.2) is 23.8 Å².